The standard InChI is InChI=1S/C19H29N3O3.2C2HF3O2/c1-14-11-16(25-15(14)2)13-21-4-3-17-18(21)12-19(23)22(17)6-5-20-7-9-24-10-8-20;2*3-2(4,5)1(6)7/h11,17-18H,3-10,12-13H2,1-2H3;2*(H,6,7)/t17-,18+;;/m0../s1. The van der Waals surface area contributed by atoms with Gasteiger partial charge in [-0.3, -0.25) is 14.6 Å². The van der Waals surface area contributed by atoms with Crippen molar-refractivity contribution in [3.63, 3.8) is 0 Å². The number of morpholine rings is 1. The minimum Gasteiger partial charge on any atom is -0.475 e. The number of rotatable bonds is 5. The molecule has 39 heavy (non-hydrogen) atoms. The third-order valence-electron chi connectivity index (χ3n) is 6.55. The molecule has 3 aliphatic rings. The summed E-state index contributed by atoms with van der Waals surface area (Å²) in [6.07, 6.45) is -8.43. The largest absolute Gasteiger partial charge is 0.490 e. The van der Waals surface area contributed by atoms with Crippen LogP contribution in [-0.4, -0.2) is 113 Å². The van der Waals surface area contributed by atoms with E-state index in [0.29, 0.717) is 24.4 Å². The molecule has 0 unspecified atom stereocenters. The second-order valence-corrected chi connectivity index (χ2v) is 9.20. The third-order valence-corrected chi connectivity index (χ3v) is 6.55. The summed E-state index contributed by atoms with van der Waals surface area (Å²) in [6.45, 7) is 11.4. The molecule has 10 nitrogen and oxygen atoms in total. The van der Waals surface area contributed by atoms with Crippen molar-refractivity contribution in [3.8, 4) is 0 Å². The van der Waals surface area contributed by atoms with E-state index in [1.54, 1.807) is 0 Å². The van der Waals surface area contributed by atoms with Gasteiger partial charge in [-0.1, -0.05) is 0 Å². The van der Waals surface area contributed by atoms with Crippen LogP contribution in [0, 0.1) is 13.8 Å². The maximum Gasteiger partial charge on any atom is 0.490 e. The molecule has 222 valence electrons. The first-order chi connectivity index (χ1) is 18.0. The normalized spacial score (nSPS) is 22.1. The van der Waals surface area contributed by atoms with Crippen LogP contribution in [0.15, 0.2) is 10.5 Å². The van der Waals surface area contributed by atoms with E-state index in [4.69, 9.17) is 29.0 Å². The van der Waals surface area contributed by atoms with E-state index in [9.17, 15) is 31.1 Å². The lowest BCUT2D eigenvalue weighted by atomic mass is 10.1. The van der Waals surface area contributed by atoms with Crippen LogP contribution in [0.3, 0.4) is 0 Å². The molecule has 3 saturated heterocycles. The maximum atomic E-state index is 12.5. The molecule has 4 rings (SSSR count). The number of amides is 1. The first kappa shape index (κ1) is 32.4. The van der Waals surface area contributed by atoms with E-state index >= 15 is 0 Å². The molecular formula is C23H31F6N3O7. The molecule has 16 heteroatoms. The van der Waals surface area contributed by atoms with E-state index in [1.807, 2.05) is 6.92 Å². The van der Waals surface area contributed by atoms with Crippen LogP contribution in [0.25, 0.3) is 0 Å². The summed E-state index contributed by atoms with van der Waals surface area (Å²) >= 11 is 0. The smallest absolute Gasteiger partial charge is 0.475 e. The van der Waals surface area contributed by atoms with E-state index in [1.165, 1.54) is 5.56 Å². The van der Waals surface area contributed by atoms with Gasteiger partial charge in [0.25, 0.3) is 0 Å². The van der Waals surface area contributed by atoms with Crippen molar-refractivity contribution >= 4 is 17.8 Å². The molecule has 4 heterocycles. The summed E-state index contributed by atoms with van der Waals surface area (Å²) < 4.78 is 74.7. The number of carbonyl (C=O) groups excluding carboxylic acids is 1. The molecule has 3 aliphatic heterocycles. The first-order valence-corrected chi connectivity index (χ1v) is 12.0. The number of alkyl halides is 6. The van der Waals surface area contributed by atoms with Crippen LogP contribution in [-0.2, 0) is 25.7 Å². The Kier molecular flexibility index (Phi) is 11.2. The van der Waals surface area contributed by atoms with Gasteiger partial charge in [0.2, 0.25) is 5.91 Å². The van der Waals surface area contributed by atoms with Crippen LogP contribution in [0.4, 0.5) is 26.3 Å². The van der Waals surface area contributed by atoms with Crippen LogP contribution < -0.4 is 0 Å². The summed E-state index contributed by atoms with van der Waals surface area (Å²) in [5.74, 6) is -3.17. The Morgan fingerprint density at radius 3 is 1.95 bits per heavy atom. The number of hydrogen-bond acceptors (Lipinski definition) is 7. The number of carboxylic acids is 2. The van der Waals surface area contributed by atoms with Crippen LogP contribution in [0.1, 0.15) is 29.9 Å². The maximum absolute atomic E-state index is 12.5. The van der Waals surface area contributed by atoms with Gasteiger partial charge in [0.05, 0.1) is 19.8 Å². The van der Waals surface area contributed by atoms with Crippen molar-refractivity contribution in [1.29, 1.82) is 0 Å². The van der Waals surface area contributed by atoms with Gasteiger partial charge in [-0.25, -0.2) is 9.59 Å². The van der Waals surface area contributed by atoms with Gasteiger partial charge < -0.3 is 24.3 Å². The lowest BCUT2D eigenvalue weighted by molar-refractivity contribution is -0.193. The fourth-order valence-corrected chi connectivity index (χ4v) is 4.50. The third kappa shape index (κ3) is 9.69. The van der Waals surface area contributed by atoms with Gasteiger partial charge in [0.1, 0.15) is 11.5 Å². The SMILES string of the molecule is Cc1cc(CN2CC[C@H]3[C@H]2CC(=O)N3CCN2CCOCC2)oc1C.O=C(O)C(F)(F)F.O=C(O)C(F)(F)F. The highest BCUT2D eigenvalue weighted by Gasteiger charge is 2.46. The predicted octanol–water partition coefficient (Wildman–Crippen LogP) is 2.67. The zero-order valence-corrected chi connectivity index (χ0v) is 21.3. The topological polar surface area (TPSA) is 124 Å². The molecule has 0 bridgehead atoms. The molecular weight excluding hydrogens is 544 g/mol. The van der Waals surface area contributed by atoms with Crippen molar-refractivity contribution in [2.45, 2.75) is 57.7 Å². The number of likely N-dealkylation sites (tertiary alicyclic amines) is 2. The van der Waals surface area contributed by atoms with Crippen molar-refractivity contribution < 1.29 is 60.1 Å². The highest BCUT2D eigenvalue weighted by atomic mass is 19.4. The fourth-order valence-electron chi connectivity index (χ4n) is 4.50. The minimum absolute atomic E-state index is 0.319. The van der Waals surface area contributed by atoms with Gasteiger partial charge in [-0.2, -0.15) is 26.3 Å². The highest BCUT2D eigenvalue weighted by molar-refractivity contribution is 5.80. The minimum atomic E-state index is -5.08. The lowest BCUT2D eigenvalue weighted by Gasteiger charge is -2.30. The highest BCUT2D eigenvalue weighted by Crippen LogP contribution is 2.33. The number of fused-ring (bicyclic) bond motifs is 1. The molecule has 1 amide bonds. The summed E-state index contributed by atoms with van der Waals surface area (Å²) in [5, 5.41) is 14.2. The van der Waals surface area contributed by atoms with Gasteiger partial charge in [-0.15, -0.1) is 0 Å². The molecule has 3 fully saturated rings. The van der Waals surface area contributed by atoms with Gasteiger partial charge in [0, 0.05) is 51.2 Å². The summed E-state index contributed by atoms with van der Waals surface area (Å²) in [4.78, 5) is 37.3. The second kappa shape index (κ2) is 13.5. The predicted molar refractivity (Wildman–Crippen MR) is 122 cm³/mol. The second-order valence-electron chi connectivity index (χ2n) is 9.20. The molecule has 2 N–H and O–H groups in total. The number of carboxylic acid groups (broad SMARTS) is 2. The van der Waals surface area contributed by atoms with Crippen LogP contribution in [0.5, 0.6) is 0 Å². The molecule has 0 radical (unpaired) electrons. The van der Waals surface area contributed by atoms with Crippen LogP contribution >= 0.6 is 0 Å². The Bertz CT molecular complexity index is 948. The molecule has 1 aromatic heterocycles. The monoisotopic (exact) mass is 575 g/mol. The number of aryl methyl sites for hydroxylation is 2. The zero-order chi connectivity index (χ0) is 29.5. The number of ether oxygens (including phenoxy) is 1. The number of hydrogen-bond donors (Lipinski definition) is 2. The Morgan fingerprint density at radius 1 is 0.949 bits per heavy atom. The Balaban J connectivity index is 0.000000317. The van der Waals surface area contributed by atoms with Crippen molar-refractivity contribution in [1.82, 2.24) is 14.7 Å². The molecule has 1 aromatic rings. The van der Waals surface area contributed by atoms with E-state index in [-0.39, 0.29) is 0 Å². The van der Waals surface area contributed by atoms with Gasteiger partial charge >= 0.3 is 24.3 Å². The molecule has 0 saturated carbocycles. The number of aliphatic carboxylic acids is 2. The number of carbonyl (C=O) groups is 3. The lowest BCUT2D eigenvalue weighted by Crippen LogP contribution is -2.44. The van der Waals surface area contributed by atoms with E-state index in [0.717, 1.165) is 70.4 Å². The zero-order valence-electron chi connectivity index (χ0n) is 21.3. The molecule has 0 aliphatic carbocycles. The van der Waals surface area contributed by atoms with Crippen LogP contribution in [0.2, 0.25) is 0 Å². The molecule has 0 spiro atoms. The number of furan rings is 1. The summed E-state index contributed by atoms with van der Waals surface area (Å²) in [5.41, 5.74) is 1.21. The van der Waals surface area contributed by atoms with Crippen molar-refractivity contribution in [2.24, 2.45) is 0 Å². The summed E-state index contributed by atoms with van der Waals surface area (Å²) in [6, 6.07) is 2.86. The van der Waals surface area contributed by atoms with E-state index < -0.39 is 24.3 Å². The van der Waals surface area contributed by atoms with Crippen molar-refractivity contribution in [3.05, 3.63) is 23.2 Å². The Morgan fingerprint density at radius 2 is 1.49 bits per heavy atom. The fraction of sp³-hybridized carbons (Fsp3) is 0.696. The summed E-state index contributed by atoms with van der Waals surface area (Å²) in [7, 11) is 0. The quantitative estimate of drug-likeness (QED) is 0.510. The molecule has 0 aromatic carbocycles. The van der Waals surface area contributed by atoms with Gasteiger partial charge in [-0.05, 0) is 31.9 Å². The first-order valence-electron chi connectivity index (χ1n) is 12.0. The Labute approximate surface area is 220 Å². The number of nitrogens with zero attached hydrogens (tertiary/aromatic N) is 3. The average Bonchev–Trinajstić information content (AvgIpc) is 3.46. The average molecular weight is 576 g/mol. The Hall–Kier alpha value is -2.85. The van der Waals surface area contributed by atoms with Gasteiger partial charge in [0.15, 0.2) is 0 Å². The van der Waals surface area contributed by atoms with Crippen molar-refractivity contribution in [2.75, 3.05) is 45.9 Å². The van der Waals surface area contributed by atoms with E-state index in [2.05, 4.69) is 27.7 Å². The number of halogens is 6. The molecule has 2 atom stereocenters.